The first-order chi connectivity index (χ1) is 17.9. The molecule has 37 heavy (non-hydrogen) atoms. The van der Waals surface area contributed by atoms with Crippen molar-refractivity contribution < 1.29 is 19.1 Å². The number of piperazine rings is 1. The quantitative estimate of drug-likeness (QED) is 0.539. The number of carbonyl (C=O) groups excluding carboxylic acids is 2. The van der Waals surface area contributed by atoms with Gasteiger partial charge < -0.3 is 24.2 Å². The summed E-state index contributed by atoms with van der Waals surface area (Å²) < 4.78 is 11.4. The van der Waals surface area contributed by atoms with Crippen LogP contribution in [0, 0.1) is 6.92 Å². The molecule has 2 aromatic carbocycles. The maximum absolute atomic E-state index is 13.5. The van der Waals surface area contributed by atoms with Gasteiger partial charge >= 0.3 is 0 Å². The number of fused-ring (bicyclic) bond motifs is 1. The summed E-state index contributed by atoms with van der Waals surface area (Å²) >= 11 is 6.22. The van der Waals surface area contributed by atoms with Gasteiger partial charge in [0.05, 0.1) is 13.2 Å². The van der Waals surface area contributed by atoms with Crippen LogP contribution in [0.4, 0.5) is 5.69 Å². The third-order valence-electron chi connectivity index (χ3n) is 7.68. The molecular formula is C29H34ClN3O4. The average Bonchev–Trinajstić information content (AvgIpc) is 2.92. The van der Waals surface area contributed by atoms with Crippen molar-refractivity contribution in [1.29, 1.82) is 0 Å². The van der Waals surface area contributed by atoms with Crippen molar-refractivity contribution >= 4 is 35.2 Å². The fourth-order valence-corrected chi connectivity index (χ4v) is 5.75. The first-order valence-corrected chi connectivity index (χ1v) is 13.4. The van der Waals surface area contributed by atoms with Crippen LogP contribution in [-0.2, 0) is 14.3 Å². The van der Waals surface area contributed by atoms with Crippen LogP contribution in [0.3, 0.4) is 0 Å². The van der Waals surface area contributed by atoms with Crippen molar-refractivity contribution in [3.05, 3.63) is 64.4 Å². The molecule has 196 valence electrons. The van der Waals surface area contributed by atoms with Crippen LogP contribution in [0.15, 0.2) is 48.2 Å². The molecule has 0 radical (unpaired) electrons. The lowest BCUT2D eigenvalue weighted by Gasteiger charge is -2.45. The molecule has 2 amide bonds. The molecule has 2 aliphatic heterocycles. The number of methoxy groups -OCH3 is 1. The largest absolute Gasteiger partial charge is 0.497 e. The minimum absolute atomic E-state index is 0.00848. The third-order valence-corrected chi connectivity index (χ3v) is 7.92. The van der Waals surface area contributed by atoms with Crippen molar-refractivity contribution in [2.24, 2.45) is 0 Å². The van der Waals surface area contributed by atoms with E-state index < -0.39 is 0 Å². The number of halogens is 1. The zero-order valence-corrected chi connectivity index (χ0v) is 22.2. The van der Waals surface area contributed by atoms with Crippen molar-refractivity contribution in [2.75, 3.05) is 44.7 Å². The van der Waals surface area contributed by atoms with Crippen LogP contribution in [0.2, 0.25) is 5.02 Å². The van der Waals surface area contributed by atoms with Gasteiger partial charge in [0, 0.05) is 36.9 Å². The summed E-state index contributed by atoms with van der Waals surface area (Å²) in [7, 11) is 1.62. The number of anilines is 1. The maximum Gasteiger partial charge on any atom is 0.289 e. The highest BCUT2D eigenvalue weighted by Crippen LogP contribution is 2.33. The SMILES string of the molecule is COc1ccc(/C=C2/OC3CCCCC3N(CC(=O)N3CCN(c4cc(Cl)ccc4C)CC3)C2=O)cc1. The van der Waals surface area contributed by atoms with Crippen molar-refractivity contribution in [3.63, 3.8) is 0 Å². The Bertz CT molecular complexity index is 1170. The first kappa shape index (κ1) is 25.5. The van der Waals surface area contributed by atoms with E-state index in [0.717, 1.165) is 55.8 Å². The molecule has 0 N–H and O–H groups in total. The highest BCUT2D eigenvalue weighted by molar-refractivity contribution is 6.30. The molecule has 0 aromatic heterocycles. The third kappa shape index (κ3) is 5.57. The Hall–Kier alpha value is -3.19. The van der Waals surface area contributed by atoms with Crippen LogP contribution in [0.1, 0.15) is 36.8 Å². The van der Waals surface area contributed by atoms with Crippen molar-refractivity contribution in [2.45, 2.75) is 44.8 Å². The Morgan fingerprint density at radius 1 is 1.08 bits per heavy atom. The van der Waals surface area contributed by atoms with E-state index in [0.29, 0.717) is 23.9 Å². The van der Waals surface area contributed by atoms with Gasteiger partial charge in [0.25, 0.3) is 5.91 Å². The lowest BCUT2D eigenvalue weighted by atomic mass is 9.89. The van der Waals surface area contributed by atoms with Gasteiger partial charge in [0.1, 0.15) is 18.4 Å². The number of ether oxygens (including phenoxy) is 2. The van der Waals surface area contributed by atoms with E-state index >= 15 is 0 Å². The smallest absolute Gasteiger partial charge is 0.289 e. The number of rotatable bonds is 5. The zero-order chi connectivity index (χ0) is 25.9. The highest BCUT2D eigenvalue weighted by atomic mass is 35.5. The lowest BCUT2D eigenvalue weighted by molar-refractivity contribution is -0.154. The number of carbonyl (C=O) groups is 2. The van der Waals surface area contributed by atoms with E-state index in [2.05, 4.69) is 11.8 Å². The molecule has 0 spiro atoms. The Morgan fingerprint density at radius 3 is 2.54 bits per heavy atom. The number of nitrogens with zero attached hydrogens (tertiary/aromatic N) is 3. The molecule has 1 saturated carbocycles. The summed E-state index contributed by atoms with van der Waals surface area (Å²) in [6.45, 7) is 4.86. The van der Waals surface area contributed by atoms with Gasteiger partial charge in [-0.25, -0.2) is 0 Å². The summed E-state index contributed by atoms with van der Waals surface area (Å²) in [6.07, 6.45) is 5.55. The molecule has 2 heterocycles. The summed E-state index contributed by atoms with van der Waals surface area (Å²) in [5, 5.41) is 0.713. The fourth-order valence-electron chi connectivity index (χ4n) is 5.58. The number of morpholine rings is 1. The van der Waals surface area contributed by atoms with Gasteiger partial charge in [-0.3, -0.25) is 9.59 Å². The predicted octanol–water partition coefficient (Wildman–Crippen LogP) is 4.52. The average molecular weight is 524 g/mol. The fraction of sp³-hybridized carbons (Fsp3) is 0.448. The summed E-state index contributed by atoms with van der Waals surface area (Å²) in [6, 6.07) is 13.4. The van der Waals surface area contributed by atoms with E-state index in [1.165, 1.54) is 5.56 Å². The van der Waals surface area contributed by atoms with E-state index in [1.807, 2.05) is 47.4 Å². The Morgan fingerprint density at radius 2 is 1.81 bits per heavy atom. The summed E-state index contributed by atoms with van der Waals surface area (Å²) in [5.74, 6) is 0.844. The van der Waals surface area contributed by atoms with Crippen LogP contribution in [0.25, 0.3) is 6.08 Å². The molecule has 8 heteroatoms. The molecule has 7 nitrogen and oxygen atoms in total. The second-order valence-corrected chi connectivity index (χ2v) is 10.5. The second-order valence-electron chi connectivity index (χ2n) is 10.0. The number of hydrogen-bond acceptors (Lipinski definition) is 5. The van der Waals surface area contributed by atoms with Crippen LogP contribution in [0.5, 0.6) is 5.75 Å². The van der Waals surface area contributed by atoms with E-state index in [1.54, 1.807) is 18.1 Å². The minimum Gasteiger partial charge on any atom is -0.497 e. The van der Waals surface area contributed by atoms with Crippen molar-refractivity contribution in [3.8, 4) is 5.75 Å². The summed E-state index contributed by atoms with van der Waals surface area (Å²) in [5.41, 5.74) is 3.14. The van der Waals surface area contributed by atoms with Gasteiger partial charge in [0.2, 0.25) is 5.91 Å². The monoisotopic (exact) mass is 523 g/mol. The van der Waals surface area contributed by atoms with Gasteiger partial charge in [-0.15, -0.1) is 0 Å². The molecule has 2 aromatic rings. The van der Waals surface area contributed by atoms with Crippen molar-refractivity contribution in [1.82, 2.24) is 9.80 Å². The van der Waals surface area contributed by atoms with Gasteiger partial charge in [0.15, 0.2) is 5.76 Å². The van der Waals surface area contributed by atoms with Crippen LogP contribution in [-0.4, -0.2) is 73.6 Å². The molecule has 3 aliphatic rings. The van der Waals surface area contributed by atoms with Gasteiger partial charge in [-0.05, 0) is 67.7 Å². The van der Waals surface area contributed by atoms with Crippen LogP contribution < -0.4 is 9.64 Å². The molecule has 1 aliphatic carbocycles. The highest BCUT2D eigenvalue weighted by Gasteiger charge is 2.42. The topological polar surface area (TPSA) is 62.3 Å². The minimum atomic E-state index is -0.208. The number of amides is 2. The predicted molar refractivity (Wildman–Crippen MR) is 145 cm³/mol. The Kier molecular flexibility index (Phi) is 7.60. The van der Waals surface area contributed by atoms with E-state index in [9.17, 15) is 9.59 Å². The molecular weight excluding hydrogens is 490 g/mol. The molecule has 2 atom stereocenters. The molecule has 2 unspecified atom stereocenters. The number of benzene rings is 2. The molecule has 5 rings (SSSR count). The first-order valence-electron chi connectivity index (χ1n) is 13.0. The Balaban J connectivity index is 1.28. The number of hydrogen-bond donors (Lipinski definition) is 0. The Labute approximate surface area is 223 Å². The molecule has 0 bridgehead atoms. The van der Waals surface area contributed by atoms with E-state index in [4.69, 9.17) is 21.1 Å². The van der Waals surface area contributed by atoms with Gasteiger partial charge in [-0.2, -0.15) is 0 Å². The number of aryl methyl sites for hydroxylation is 1. The standard InChI is InChI=1S/C29H34ClN3O4/c1-20-7-10-22(30)18-25(20)31-13-15-32(16-14-31)28(34)19-33-24-5-3-4-6-26(24)37-27(29(33)35)17-21-8-11-23(36-2)12-9-21/h7-12,17-18,24,26H,3-6,13-16,19H2,1-2H3/b27-17+. The van der Waals surface area contributed by atoms with Crippen LogP contribution >= 0.6 is 11.6 Å². The summed E-state index contributed by atoms with van der Waals surface area (Å²) in [4.78, 5) is 32.9. The second kappa shape index (κ2) is 11.1. The normalized spacial score (nSPS) is 23.1. The maximum atomic E-state index is 13.5. The zero-order valence-electron chi connectivity index (χ0n) is 21.5. The van der Waals surface area contributed by atoms with Gasteiger partial charge in [-0.1, -0.05) is 36.2 Å². The molecule has 3 fully saturated rings. The lowest BCUT2D eigenvalue weighted by Crippen LogP contribution is -2.58. The van der Waals surface area contributed by atoms with E-state index in [-0.39, 0.29) is 30.5 Å². The molecule has 2 saturated heterocycles.